The van der Waals surface area contributed by atoms with Crippen molar-refractivity contribution in [1.82, 2.24) is 19.6 Å². The van der Waals surface area contributed by atoms with E-state index in [9.17, 15) is 14.4 Å². The number of amides is 1. The van der Waals surface area contributed by atoms with Crippen molar-refractivity contribution in [3.05, 3.63) is 53.1 Å². The van der Waals surface area contributed by atoms with Crippen LogP contribution in [0.2, 0.25) is 0 Å². The van der Waals surface area contributed by atoms with Gasteiger partial charge in [0, 0.05) is 28.2 Å². The van der Waals surface area contributed by atoms with Crippen LogP contribution < -0.4 is 5.32 Å². The van der Waals surface area contributed by atoms with Crippen LogP contribution >= 0.6 is 0 Å². The average Bonchev–Trinajstić information content (AvgIpc) is 3.12. The van der Waals surface area contributed by atoms with Crippen molar-refractivity contribution in [2.75, 3.05) is 11.9 Å². The molecule has 3 rings (SSSR count). The number of esters is 1. The molecule has 0 unspecified atom stereocenters. The fraction of sp³-hybridized carbons (Fsp3) is 0.263. The number of ether oxygens (including phenoxy) is 1. The number of nitrogens with one attached hydrogen (secondary N) is 1. The van der Waals surface area contributed by atoms with E-state index in [0.717, 1.165) is 5.69 Å². The third kappa shape index (κ3) is 4.20. The second-order valence-electron chi connectivity index (χ2n) is 6.25. The van der Waals surface area contributed by atoms with Crippen LogP contribution in [0.1, 0.15) is 34.2 Å². The van der Waals surface area contributed by atoms with Gasteiger partial charge in [0.1, 0.15) is 6.33 Å². The normalized spacial score (nSPS) is 10.7. The van der Waals surface area contributed by atoms with Crippen molar-refractivity contribution in [3.8, 4) is 0 Å². The molecule has 0 aliphatic rings. The van der Waals surface area contributed by atoms with E-state index in [1.165, 1.54) is 13.3 Å². The van der Waals surface area contributed by atoms with Gasteiger partial charge in [0.05, 0.1) is 6.42 Å². The largest absolute Gasteiger partial charge is 0.455 e. The summed E-state index contributed by atoms with van der Waals surface area (Å²) in [4.78, 5) is 43.7. The number of carbonyl (C=O) groups excluding carboxylic acids is 3. The van der Waals surface area contributed by atoms with Gasteiger partial charge in [-0.2, -0.15) is 10.1 Å². The monoisotopic (exact) mass is 381 g/mol. The standard InChI is InChI=1S/C19H19N5O4/c1-11-16(12(2)24-19(22-11)20-10-21-24)8-18(27)28-9-17(26)23-15-6-4-14(5-7-15)13(3)25/h4-7,10H,8-9H2,1-3H3,(H,23,26). The molecule has 9 heteroatoms. The molecule has 1 aromatic carbocycles. The van der Waals surface area contributed by atoms with Gasteiger partial charge in [0.15, 0.2) is 12.4 Å². The van der Waals surface area contributed by atoms with Crippen molar-refractivity contribution in [1.29, 1.82) is 0 Å². The molecule has 1 amide bonds. The van der Waals surface area contributed by atoms with Gasteiger partial charge in [-0.05, 0) is 45.0 Å². The predicted molar refractivity (Wildman–Crippen MR) is 100.0 cm³/mol. The number of hydrogen-bond donors (Lipinski definition) is 1. The van der Waals surface area contributed by atoms with Crippen molar-refractivity contribution >= 4 is 29.1 Å². The van der Waals surface area contributed by atoms with Gasteiger partial charge < -0.3 is 10.1 Å². The maximum absolute atomic E-state index is 12.2. The first kappa shape index (κ1) is 19.2. The highest BCUT2D eigenvalue weighted by atomic mass is 16.5. The van der Waals surface area contributed by atoms with Gasteiger partial charge in [0.2, 0.25) is 0 Å². The Hall–Kier alpha value is -3.62. The van der Waals surface area contributed by atoms with E-state index in [-0.39, 0.29) is 12.2 Å². The summed E-state index contributed by atoms with van der Waals surface area (Å²) in [6.45, 7) is 4.65. The lowest BCUT2D eigenvalue weighted by atomic mass is 10.1. The van der Waals surface area contributed by atoms with E-state index in [1.54, 1.807) is 35.7 Å². The van der Waals surface area contributed by atoms with Gasteiger partial charge in [-0.1, -0.05) is 0 Å². The summed E-state index contributed by atoms with van der Waals surface area (Å²) in [5, 5.41) is 6.68. The Morgan fingerprint density at radius 3 is 2.54 bits per heavy atom. The number of anilines is 1. The highest BCUT2D eigenvalue weighted by Crippen LogP contribution is 2.14. The van der Waals surface area contributed by atoms with E-state index in [1.807, 2.05) is 6.92 Å². The molecule has 0 aliphatic carbocycles. The van der Waals surface area contributed by atoms with Gasteiger partial charge in [-0.25, -0.2) is 9.50 Å². The minimum atomic E-state index is -0.547. The Bertz CT molecular complexity index is 1060. The molecule has 1 N–H and O–H groups in total. The summed E-state index contributed by atoms with van der Waals surface area (Å²) < 4.78 is 6.62. The van der Waals surface area contributed by atoms with Crippen molar-refractivity contribution < 1.29 is 19.1 Å². The molecule has 0 spiro atoms. The molecule has 0 fully saturated rings. The zero-order valence-corrected chi connectivity index (χ0v) is 15.7. The Kier molecular flexibility index (Phi) is 5.44. The van der Waals surface area contributed by atoms with Crippen LogP contribution in [-0.4, -0.2) is 43.8 Å². The zero-order chi connectivity index (χ0) is 20.3. The van der Waals surface area contributed by atoms with Gasteiger partial charge >= 0.3 is 5.97 Å². The van der Waals surface area contributed by atoms with Crippen LogP contribution in [0.25, 0.3) is 5.78 Å². The molecule has 0 radical (unpaired) electrons. The molecule has 0 bridgehead atoms. The van der Waals surface area contributed by atoms with Crippen LogP contribution in [0.4, 0.5) is 5.69 Å². The van der Waals surface area contributed by atoms with Gasteiger partial charge in [-0.3, -0.25) is 14.4 Å². The van der Waals surface area contributed by atoms with Crippen molar-refractivity contribution in [2.24, 2.45) is 0 Å². The molecule has 9 nitrogen and oxygen atoms in total. The number of aryl methyl sites for hydroxylation is 2. The summed E-state index contributed by atoms with van der Waals surface area (Å²) in [5.74, 6) is -0.616. The lowest BCUT2D eigenvalue weighted by Crippen LogP contribution is -2.22. The van der Waals surface area contributed by atoms with E-state index < -0.39 is 18.5 Å². The van der Waals surface area contributed by atoms with E-state index in [2.05, 4.69) is 20.4 Å². The number of carbonyl (C=O) groups is 3. The molecule has 2 aromatic heterocycles. The average molecular weight is 381 g/mol. The molecule has 0 atom stereocenters. The van der Waals surface area contributed by atoms with Crippen LogP contribution in [0, 0.1) is 13.8 Å². The van der Waals surface area contributed by atoms with Crippen LogP contribution in [0.3, 0.4) is 0 Å². The van der Waals surface area contributed by atoms with E-state index in [0.29, 0.717) is 28.3 Å². The van der Waals surface area contributed by atoms with Gasteiger partial charge in [0.25, 0.3) is 11.7 Å². The first-order valence-electron chi connectivity index (χ1n) is 8.57. The molecular weight excluding hydrogens is 362 g/mol. The SMILES string of the molecule is CC(=O)c1ccc(NC(=O)COC(=O)Cc2c(C)nc3ncnn3c2C)cc1. The van der Waals surface area contributed by atoms with Gasteiger partial charge in [-0.15, -0.1) is 0 Å². The lowest BCUT2D eigenvalue weighted by molar-refractivity contribution is -0.146. The van der Waals surface area contributed by atoms with Crippen LogP contribution in [0.15, 0.2) is 30.6 Å². The fourth-order valence-electron chi connectivity index (χ4n) is 2.74. The highest BCUT2D eigenvalue weighted by molar-refractivity contribution is 5.96. The molecule has 28 heavy (non-hydrogen) atoms. The number of nitrogens with zero attached hydrogens (tertiary/aromatic N) is 4. The Morgan fingerprint density at radius 2 is 1.86 bits per heavy atom. The number of ketones is 1. The number of fused-ring (bicyclic) bond motifs is 1. The Morgan fingerprint density at radius 1 is 1.14 bits per heavy atom. The molecule has 0 aliphatic heterocycles. The minimum absolute atomic E-state index is 0.0267. The summed E-state index contributed by atoms with van der Waals surface area (Å²) in [5.41, 5.74) is 3.15. The molecule has 144 valence electrons. The summed E-state index contributed by atoms with van der Waals surface area (Å²) in [6, 6.07) is 6.45. The molecule has 0 saturated heterocycles. The number of rotatable bonds is 6. The smallest absolute Gasteiger partial charge is 0.310 e. The maximum Gasteiger partial charge on any atom is 0.310 e. The number of aromatic nitrogens is 4. The first-order chi connectivity index (χ1) is 13.3. The third-order valence-electron chi connectivity index (χ3n) is 4.25. The number of hydrogen-bond acceptors (Lipinski definition) is 7. The van der Waals surface area contributed by atoms with E-state index >= 15 is 0 Å². The van der Waals surface area contributed by atoms with Crippen LogP contribution in [0.5, 0.6) is 0 Å². The number of Topliss-reactive ketones (excluding diaryl/α,β-unsaturated/α-hetero) is 1. The second kappa shape index (κ2) is 7.95. The summed E-state index contributed by atoms with van der Waals surface area (Å²) in [6.07, 6.45) is 1.37. The third-order valence-corrected chi connectivity index (χ3v) is 4.25. The topological polar surface area (TPSA) is 116 Å². The zero-order valence-electron chi connectivity index (χ0n) is 15.7. The Labute approximate surface area is 160 Å². The second-order valence-corrected chi connectivity index (χ2v) is 6.25. The fourth-order valence-corrected chi connectivity index (χ4v) is 2.74. The van der Waals surface area contributed by atoms with Crippen molar-refractivity contribution in [3.63, 3.8) is 0 Å². The molecule has 0 saturated carbocycles. The molecule has 2 heterocycles. The molecule has 3 aromatic rings. The summed E-state index contributed by atoms with van der Waals surface area (Å²) >= 11 is 0. The van der Waals surface area contributed by atoms with Crippen LogP contribution in [-0.2, 0) is 20.7 Å². The maximum atomic E-state index is 12.2. The quantitative estimate of drug-likeness (QED) is 0.510. The minimum Gasteiger partial charge on any atom is -0.455 e. The van der Waals surface area contributed by atoms with E-state index in [4.69, 9.17) is 4.74 Å². The highest BCUT2D eigenvalue weighted by Gasteiger charge is 2.16. The lowest BCUT2D eigenvalue weighted by Gasteiger charge is -2.10. The molecular formula is C19H19N5O4. The first-order valence-corrected chi connectivity index (χ1v) is 8.57. The number of benzene rings is 1. The predicted octanol–water partition coefficient (Wildman–Crippen LogP) is 1.67. The van der Waals surface area contributed by atoms with Crippen molar-refractivity contribution in [2.45, 2.75) is 27.2 Å². The Balaban J connectivity index is 1.57. The summed E-state index contributed by atoms with van der Waals surface area (Å²) in [7, 11) is 0.